The molecule has 0 saturated heterocycles. The molecule has 3 heterocycles. The molecule has 1 aromatic carbocycles. The summed E-state index contributed by atoms with van der Waals surface area (Å²) in [5.74, 6) is 0.0000567. The molecule has 0 unspecified atom stereocenters. The van der Waals surface area contributed by atoms with Crippen LogP contribution in [0.4, 0.5) is 16.3 Å². The maximum Gasteiger partial charge on any atom is 0.410 e. The average Bonchev–Trinajstić information content (AvgIpc) is 3.21. The summed E-state index contributed by atoms with van der Waals surface area (Å²) in [7, 11) is 1.68. The van der Waals surface area contributed by atoms with Gasteiger partial charge in [0.1, 0.15) is 11.5 Å². The summed E-state index contributed by atoms with van der Waals surface area (Å²) in [5, 5.41) is 20.1. The number of carboxylic acid groups (broad SMARTS) is 1. The second kappa shape index (κ2) is 8.20. The van der Waals surface area contributed by atoms with Crippen molar-refractivity contribution in [3.63, 3.8) is 0 Å². The highest BCUT2D eigenvalue weighted by molar-refractivity contribution is 6.05. The van der Waals surface area contributed by atoms with E-state index in [1.165, 1.54) is 11.1 Å². The molecule has 4 aromatic rings. The first-order valence-corrected chi connectivity index (χ1v) is 9.59. The van der Waals surface area contributed by atoms with Crippen molar-refractivity contribution in [2.75, 3.05) is 17.3 Å². The predicted octanol–water partition coefficient (Wildman–Crippen LogP) is 3.94. The number of benzene rings is 1. The molecule has 0 aliphatic carbocycles. The number of aryl methyl sites for hydroxylation is 1. The number of amides is 2. The lowest BCUT2D eigenvalue weighted by molar-refractivity contribution is 0.0992. The third kappa shape index (κ3) is 3.85. The van der Waals surface area contributed by atoms with E-state index in [9.17, 15) is 9.59 Å². The lowest BCUT2D eigenvalue weighted by atomic mass is 10.1. The quantitative estimate of drug-likeness (QED) is 0.509. The van der Waals surface area contributed by atoms with Crippen LogP contribution in [0, 0.1) is 18.3 Å². The van der Waals surface area contributed by atoms with E-state index in [2.05, 4.69) is 21.4 Å². The number of nitrogens with zero attached hydrogens (tertiary/aromatic N) is 5. The van der Waals surface area contributed by atoms with Crippen molar-refractivity contribution < 1.29 is 14.7 Å². The number of nitriles is 1. The van der Waals surface area contributed by atoms with Gasteiger partial charge in [-0.1, -0.05) is 0 Å². The van der Waals surface area contributed by atoms with E-state index in [0.717, 1.165) is 5.56 Å². The maximum absolute atomic E-state index is 13.1. The van der Waals surface area contributed by atoms with Gasteiger partial charge in [0.15, 0.2) is 0 Å². The number of carbonyl (C=O) groups is 2. The number of anilines is 2. The third-order valence-corrected chi connectivity index (χ3v) is 5.07. The monoisotopic (exact) mass is 426 g/mol. The Bertz CT molecular complexity index is 1390. The van der Waals surface area contributed by atoms with Gasteiger partial charge >= 0.3 is 6.09 Å². The number of nitrogens with one attached hydrogen (secondary N) is 1. The van der Waals surface area contributed by atoms with Crippen LogP contribution >= 0.6 is 0 Å². The van der Waals surface area contributed by atoms with Gasteiger partial charge < -0.3 is 10.0 Å². The molecule has 0 aliphatic heterocycles. The standard InChI is InChI=1S/C23H18N6O3/c1-14-9-18(6-3-15(14)10-24)28(2)22(30)17-5-8-21-26-12-19(29(21)13-17)16-4-7-20(25-11-16)27-23(31)32/h3-9,11-13H,1-2H3,(H,25,27)(H,31,32). The predicted molar refractivity (Wildman–Crippen MR) is 119 cm³/mol. The molecule has 2 amide bonds. The van der Waals surface area contributed by atoms with E-state index in [-0.39, 0.29) is 11.7 Å². The zero-order valence-electron chi connectivity index (χ0n) is 17.3. The molecule has 0 saturated carbocycles. The maximum atomic E-state index is 13.1. The van der Waals surface area contributed by atoms with Gasteiger partial charge in [-0.25, -0.2) is 14.8 Å². The fourth-order valence-corrected chi connectivity index (χ4v) is 3.34. The van der Waals surface area contributed by atoms with Crippen molar-refractivity contribution in [1.29, 1.82) is 5.26 Å². The molecule has 4 rings (SSSR count). The van der Waals surface area contributed by atoms with Crippen molar-refractivity contribution in [2.45, 2.75) is 6.92 Å². The highest BCUT2D eigenvalue weighted by atomic mass is 16.4. The van der Waals surface area contributed by atoms with E-state index in [1.807, 2.05) is 6.92 Å². The average molecular weight is 426 g/mol. The topological polar surface area (TPSA) is 124 Å². The van der Waals surface area contributed by atoms with E-state index >= 15 is 0 Å². The zero-order chi connectivity index (χ0) is 22.8. The number of aromatic nitrogens is 3. The SMILES string of the molecule is Cc1cc(N(C)C(=O)c2ccc3ncc(-c4ccc(NC(=O)O)nc4)n3c2)ccc1C#N. The van der Waals surface area contributed by atoms with Gasteiger partial charge in [0.05, 0.1) is 29.1 Å². The Morgan fingerprint density at radius 3 is 2.59 bits per heavy atom. The summed E-state index contributed by atoms with van der Waals surface area (Å²) in [5.41, 5.74) is 4.58. The fourth-order valence-electron chi connectivity index (χ4n) is 3.34. The Morgan fingerprint density at radius 1 is 1.12 bits per heavy atom. The van der Waals surface area contributed by atoms with Crippen LogP contribution in [0.1, 0.15) is 21.5 Å². The Labute approximate surface area is 183 Å². The van der Waals surface area contributed by atoms with Crippen molar-refractivity contribution in [3.05, 3.63) is 77.7 Å². The molecular weight excluding hydrogens is 408 g/mol. The largest absolute Gasteiger partial charge is 0.465 e. The molecule has 9 heteroatoms. The number of hydrogen-bond acceptors (Lipinski definition) is 5. The van der Waals surface area contributed by atoms with E-state index in [0.29, 0.717) is 33.7 Å². The van der Waals surface area contributed by atoms with Crippen LogP contribution in [0.25, 0.3) is 16.9 Å². The summed E-state index contributed by atoms with van der Waals surface area (Å²) in [6.07, 6.45) is 3.72. The Kier molecular flexibility index (Phi) is 5.27. The number of hydrogen-bond donors (Lipinski definition) is 2. The van der Waals surface area contributed by atoms with Crippen molar-refractivity contribution in [3.8, 4) is 17.3 Å². The van der Waals surface area contributed by atoms with Gasteiger partial charge in [-0.3, -0.25) is 14.5 Å². The molecule has 0 aliphatic rings. The van der Waals surface area contributed by atoms with Gasteiger partial charge in [0.2, 0.25) is 0 Å². The summed E-state index contributed by atoms with van der Waals surface area (Å²) < 4.78 is 1.78. The molecule has 0 fully saturated rings. The molecule has 32 heavy (non-hydrogen) atoms. The van der Waals surface area contributed by atoms with Crippen LogP contribution in [-0.4, -0.2) is 38.5 Å². The van der Waals surface area contributed by atoms with E-state index < -0.39 is 6.09 Å². The molecular formula is C23H18N6O3. The lowest BCUT2D eigenvalue weighted by Crippen LogP contribution is -2.26. The highest BCUT2D eigenvalue weighted by Gasteiger charge is 2.16. The van der Waals surface area contributed by atoms with Crippen LogP contribution in [-0.2, 0) is 0 Å². The zero-order valence-corrected chi connectivity index (χ0v) is 17.3. The number of carbonyl (C=O) groups excluding carboxylic acids is 1. The number of pyridine rings is 2. The fraction of sp³-hybridized carbons (Fsp3) is 0.0870. The van der Waals surface area contributed by atoms with Crippen LogP contribution < -0.4 is 10.2 Å². The van der Waals surface area contributed by atoms with E-state index in [4.69, 9.17) is 10.4 Å². The smallest absolute Gasteiger partial charge is 0.410 e. The summed E-state index contributed by atoms with van der Waals surface area (Å²) in [6, 6.07) is 14.1. The number of imidazole rings is 1. The third-order valence-electron chi connectivity index (χ3n) is 5.07. The summed E-state index contributed by atoms with van der Waals surface area (Å²) in [4.78, 5) is 33.9. The second-order valence-electron chi connectivity index (χ2n) is 7.13. The first-order valence-electron chi connectivity index (χ1n) is 9.59. The number of rotatable bonds is 4. The lowest BCUT2D eigenvalue weighted by Gasteiger charge is -2.18. The molecule has 158 valence electrons. The van der Waals surface area contributed by atoms with Crippen molar-refractivity contribution in [2.24, 2.45) is 0 Å². The van der Waals surface area contributed by atoms with Crippen LogP contribution in [0.15, 0.2) is 61.1 Å². The van der Waals surface area contributed by atoms with Crippen LogP contribution in [0.5, 0.6) is 0 Å². The molecule has 2 N–H and O–H groups in total. The first-order chi connectivity index (χ1) is 15.4. The van der Waals surface area contributed by atoms with E-state index in [1.54, 1.807) is 66.3 Å². The minimum Gasteiger partial charge on any atom is -0.465 e. The van der Waals surface area contributed by atoms with Gasteiger partial charge in [-0.15, -0.1) is 0 Å². The molecule has 3 aromatic heterocycles. The van der Waals surface area contributed by atoms with Crippen molar-refractivity contribution in [1.82, 2.24) is 14.4 Å². The Morgan fingerprint density at radius 2 is 1.94 bits per heavy atom. The van der Waals surface area contributed by atoms with Crippen LogP contribution in [0.2, 0.25) is 0 Å². The van der Waals surface area contributed by atoms with Gasteiger partial charge in [-0.2, -0.15) is 5.26 Å². The van der Waals surface area contributed by atoms with Gasteiger partial charge in [0.25, 0.3) is 5.91 Å². The molecule has 0 spiro atoms. The Hall–Kier alpha value is -4.71. The van der Waals surface area contributed by atoms with Gasteiger partial charge in [0, 0.05) is 30.7 Å². The normalized spacial score (nSPS) is 10.5. The second-order valence-corrected chi connectivity index (χ2v) is 7.13. The van der Waals surface area contributed by atoms with Crippen molar-refractivity contribution >= 4 is 29.2 Å². The highest BCUT2D eigenvalue weighted by Crippen LogP contribution is 2.24. The minimum absolute atomic E-state index is 0.213. The molecule has 0 atom stereocenters. The van der Waals surface area contributed by atoms with Crippen LogP contribution in [0.3, 0.4) is 0 Å². The summed E-state index contributed by atoms with van der Waals surface area (Å²) >= 11 is 0. The molecule has 9 nitrogen and oxygen atoms in total. The minimum atomic E-state index is -1.19. The molecule has 0 radical (unpaired) electrons. The molecule has 0 bridgehead atoms. The summed E-state index contributed by atoms with van der Waals surface area (Å²) in [6.45, 7) is 1.83. The Balaban J connectivity index is 1.66. The number of fused-ring (bicyclic) bond motifs is 1. The first kappa shape index (κ1) is 20.6. The van der Waals surface area contributed by atoms with Gasteiger partial charge in [-0.05, 0) is 55.0 Å².